The van der Waals surface area contributed by atoms with Gasteiger partial charge in [-0.1, -0.05) is 0 Å². The molecule has 0 radical (unpaired) electrons. The van der Waals surface area contributed by atoms with Crippen molar-refractivity contribution in [3.05, 3.63) is 17.0 Å². The highest BCUT2D eigenvalue weighted by Gasteiger charge is 2.58. The SMILES string of the molecule is CC(C)S(=O)(=O)C1(c2cc(N3CCOCC3)nc(Cl)n2)CC1. The normalized spacial score (nSPS) is 21.2. The van der Waals surface area contributed by atoms with Crippen LogP contribution in [0.2, 0.25) is 5.28 Å². The topological polar surface area (TPSA) is 72.4 Å². The van der Waals surface area contributed by atoms with Crippen LogP contribution >= 0.6 is 11.6 Å². The van der Waals surface area contributed by atoms with Crippen LogP contribution in [0, 0.1) is 0 Å². The summed E-state index contributed by atoms with van der Waals surface area (Å²) in [6, 6.07) is 1.78. The average Bonchev–Trinajstić information content (AvgIpc) is 3.29. The molecule has 2 fully saturated rings. The summed E-state index contributed by atoms with van der Waals surface area (Å²) in [6.45, 7) is 6.12. The fourth-order valence-corrected chi connectivity index (χ4v) is 4.99. The van der Waals surface area contributed by atoms with E-state index in [1.807, 2.05) is 0 Å². The summed E-state index contributed by atoms with van der Waals surface area (Å²) >= 11 is 6.06. The Hall–Kier alpha value is -0.920. The number of rotatable bonds is 4. The first-order valence-corrected chi connectivity index (χ1v) is 9.40. The summed E-state index contributed by atoms with van der Waals surface area (Å²) in [5.41, 5.74) is 0.530. The summed E-state index contributed by atoms with van der Waals surface area (Å²) in [5.74, 6) is 0.684. The fraction of sp³-hybridized carbons (Fsp3) is 0.714. The second-order valence-electron chi connectivity index (χ2n) is 6.07. The summed E-state index contributed by atoms with van der Waals surface area (Å²) in [7, 11) is -3.27. The number of nitrogens with zero attached hydrogens (tertiary/aromatic N) is 3. The van der Waals surface area contributed by atoms with Gasteiger partial charge < -0.3 is 9.64 Å². The molecule has 6 nitrogen and oxygen atoms in total. The molecular weight excluding hydrogens is 326 g/mol. The van der Waals surface area contributed by atoms with Crippen LogP contribution in [-0.2, 0) is 19.3 Å². The van der Waals surface area contributed by atoms with E-state index in [2.05, 4.69) is 14.9 Å². The number of hydrogen-bond donors (Lipinski definition) is 0. The zero-order valence-corrected chi connectivity index (χ0v) is 14.3. The van der Waals surface area contributed by atoms with E-state index in [1.165, 1.54) is 0 Å². The van der Waals surface area contributed by atoms with Crippen LogP contribution in [-0.4, -0.2) is 49.9 Å². The molecule has 122 valence electrons. The second-order valence-corrected chi connectivity index (χ2v) is 9.22. The zero-order valence-electron chi connectivity index (χ0n) is 12.7. The molecule has 0 atom stereocenters. The number of ether oxygens (including phenoxy) is 1. The maximum Gasteiger partial charge on any atom is 0.224 e. The van der Waals surface area contributed by atoms with Gasteiger partial charge in [0, 0.05) is 19.2 Å². The Kier molecular flexibility index (Phi) is 4.07. The maximum absolute atomic E-state index is 12.7. The van der Waals surface area contributed by atoms with E-state index in [-0.39, 0.29) is 5.28 Å². The van der Waals surface area contributed by atoms with Crippen LogP contribution in [0.15, 0.2) is 6.07 Å². The molecule has 1 saturated heterocycles. The van der Waals surface area contributed by atoms with E-state index in [0.29, 0.717) is 37.6 Å². The van der Waals surface area contributed by atoms with E-state index in [4.69, 9.17) is 16.3 Å². The van der Waals surface area contributed by atoms with Crippen molar-refractivity contribution in [1.82, 2.24) is 9.97 Å². The molecule has 1 saturated carbocycles. The van der Waals surface area contributed by atoms with Crippen LogP contribution in [0.1, 0.15) is 32.4 Å². The number of anilines is 1. The van der Waals surface area contributed by atoms with Gasteiger partial charge in [-0.15, -0.1) is 0 Å². The fourth-order valence-electron chi connectivity index (χ4n) is 2.84. The van der Waals surface area contributed by atoms with Crippen LogP contribution in [0.25, 0.3) is 0 Å². The average molecular weight is 346 g/mol. The van der Waals surface area contributed by atoms with Crippen molar-refractivity contribution in [2.24, 2.45) is 0 Å². The lowest BCUT2D eigenvalue weighted by atomic mass is 10.2. The van der Waals surface area contributed by atoms with Crippen molar-refractivity contribution < 1.29 is 13.2 Å². The third-order valence-electron chi connectivity index (χ3n) is 4.36. The highest BCUT2D eigenvalue weighted by Crippen LogP contribution is 2.54. The minimum atomic E-state index is -3.27. The number of halogens is 1. The van der Waals surface area contributed by atoms with Crippen molar-refractivity contribution >= 4 is 27.3 Å². The maximum atomic E-state index is 12.7. The van der Waals surface area contributed by atoms with Crippen molar-refractivity contribution in [1.29, 1.82) is 0 Å². The largest absolute Gasteiger partial charge is 0.378 e. The van der Waals surface area contributed by atoms with Gasteiger partial charge in [-0.2, -0.15) is 0 Å². The van der Waals surface area contributed by atoms with E-state index in [1.54, 1.807) is 19.9 Å². The highest BCUT2D eigenvalue weighted by atomic mass is 35.5. The van der Waals surface area contributed by atoms with Crippen molar-refractivity contribution in [2.45, 2.75) is 36.7 Å². The van der Waals surface area contributed by atoms with Gasteiger partial charge >= 0.3 is 0 Å². The first-order chi connectivity index (χ1) is 10.4. The molecule has 0 N–H and O–H groups in total. The molecule has 2 heterocycles. The highest BCUT2D eigenvalue weighted by molar-refractivity contribution is 7.93. The lowest BCUT2D eigenvalue weighted by molar-refractivity contribution is 0.122. The smallest absolute Gasteiger partial charge is 0.224 e. The Morgan fingerprint density at radius 1 is 1.27 bits per heavy atom. The summed E-state index contributed by atoms with van der Waals surface area (Å²) in [6.07, 6.45) is 1.20. The monoisotopic (exact) mass is 345 g/mol. The van der Waals surface area contributed by atoms with Crippen molar-refractivity contribution in [3.8, 4) is 0 Å². The summed E-state index contributed by atoms with van der Waals surface area (Å²) in [4.78, 5) is 10.5. The number of aromatic nitrogens is 2. The Labute approximate surface area is 135 Å². The number of hydrogen-bond acceptors (Lipinski definition) is 6. The second kappa shape index (κ2) is 5.62. The molecule has 2 aliphatic rings. The van der Waals surface area contributed by atoms with Crippen molar-refractivity contribution in [3.63, 3.8) is 0 Å². The molecule has 3 rings (SSSR count). The lowest BCUT2D eigenvalue weighted by Gasteiger charge is -2.28. The van der Waals surface area contributed by atoms with Crippen molar-refractivity contribution in [2.75, 3.05) is 31.2 Å². The van der Waals surface area contributed by atoms with Crippen LogP contribution in [0.5, 0.6) is 0 Å². The molecule has 1 aromatic rings. The van der Waals surface area contributed by atoms with Gasteiger partial charge in [0.05, 0.1) is 24.2 Å². The van der Waals surface area contributed by atoms with E-state index in [9.17, 15) is 8.42 Å². The molecule has 0 bridgehead atoms. The van der Waals surface area contributed by atoms with Gasteiger partial charge in [0.25, 0.3) is 0 Å². The van der Waals surface area contributed by atoms with Crippen LogP contribution in [0.4, 0.5) is 5.82 Å². The Balaban J connectivity index is 2.00. The van der Waals surface area contributed by atoms with Gasteiger partial charge in [-0.3, -0.25) is 0 Å². The molecule has 1 aliphatic heterocycles. The number of morpholine rings is 1. The molecule has 1 aromatic heterocycles. The summed E-state index contributed by atoms with van der Waals surface area (Å²) < 4.78 is 29.8. The quantitative estimate of drug-likeness (QED) is 0.774. The third-order valence-corrected chi connectivity index (χ3v) is 7.47. The molecule has 0 spiro atoms. The van der Waals surface area contributed by atoms with Gasteiger partial charge in [0.2, 0.25) is 5.28 Å². The third kappa shape index (κ3) is 2.59. The first-order valence-electron chi connectivity index (χ1n) is 7.48. The van der Waals surface area contributed by atoms with Crippen LogP contribution in [0.3, 0.4) is 0 Å². The standard InChI is InChI=1S/C14H20ClN3O3S/c1-10(2)22(19,20)14(3-4-14)11-9-12(17-13(15)16-11)18-5-7-21-8-6-18/h9-10H,3-8H2,1-2H3. The predicted octanol–water partition coefficient (Wildman–Crippen LogP) is 1.78. The Bertz CT molecular complexity index is 668. The van der Waals surface area contributed by atoms with Gasteiger partial charge in [-0.25, -0.2) is 18.4 Å². The molecule has 0 aromatic carbocycles. The molecule has 0 unspecified atom stereocenters. The first kappa shape index (κ1) is 16.0. The van der Waals surface area contributed by atoms with E-state index < -0.39 is 19.8 Å². The van der Waals surface area contributed by atoms with Crippen LogP contribution < -0.4 is 4.90 Å². The Morgan fingerprint density at radius 2 is 1.91 bits per heavy atom. The molecular formula is C14H20ClN3O3S. The van der Waals surface area contributed by atoms with E-state index in [0.717, 1.165) is 13.1 Å². The molecule has 8 heteroatoms. The minimum Gasteiger partial charge on any atom is -0.378 e. The predicted molar refractivity (Wildman–Crippen MR) is 85.0 cm³/mol. The van der Waals surface area contributed by atoms with Gasteiger partial charge in [0.15, 0.2) is 9.84 Å². The zero-order chi connectivity index (χ0) is 16.0. The minimum absolute atomic E-state index is 0.101. The van der Waals surface area contributed by atoms with E-state index >= 15 is 0 Å². The number of sulfone groups is 1. The summed E-state index contributed by atoms with van der Waals surface area (Å²) in [5, 5.41) is -0.334. The Morgan fingerprint density at radius 3 is 2.45 bits per heavy atom. The van der Waals surface area contributed by atoms with Gasteiger partial charge in [0.1, 0.15) is 10.6 Å². The molecule has 22 heavy (non-hydrogen) atoms. The molecule has 1 aliphatic carbocycles. The van der Waals surface area contributed by atoms with Gasteiger partial charge in [-0.05, 0) is 38.3 Å². The molecule has 0 amide bonds. The lowest BCUT2D eigenvalue weighted by Crippen LogP contribution is -2.37.